The highest BCUT2D eigenvalue weighted by Gasteiger charge is 2.17. The lowest BCUT2D eigenvalue weighted by Gasteiger charge is -2.23. The highest BCUT2D eigenvalue weighted by atomic mass is 32.2. The van der Waals surface area contributed by atoms with E-state index < -0.39 is 0 Å². The first-order valence-corrected chi connectivity index (χ1v) is 8.15. The minimum atomic E-state index is 0.432. The monoisotopic (exact) mass is 263 g/mol. The van der Waals surface area contributed by atoms with Crippen molar-refractivity contribution in [1.29, 1.82) is 0 Å². The van der Waals surface area contributed by atoms with Gasteiger partial charge in [0.1, 0.15) is 11.9 Å². The third kappa shape index (κ3) is 3.01. The van der Waals surface area contributed by atoms with E-state index in [0.29, 0.717) is 12.1 Å². The van der Waals surface area contributed by atoms with Gasteiger partial charge in [-0.1, -0.05) is 12.1 Å². The molecular formula is C15H21NOS. The zero-order valence-corrected chi connectivity index (χ0v) is 11.5. The molecule has 0 bridgehead atoms. The molecule has 18 heavy (non-hydrogen) atoms. The van der Waals surface area contributed by atoms with Crippen molar-refractivity contribution in [2.45, 2.75) is 37.8 Å². The number of hydrogen-bond donors (Lipinski definition) is 1. The van der Waals surface area contributed by atoms with E-state index in [1.807, 2.05) is 11.8 Å². The van der Waals surface area contributed by atoms with Gasteiger partial charge in [-0.25, -0.2) is 0 Å². The summed E-state index contributed by atoms with van der Waals surface area (Å²) >= 11 is 2.04. The second-order valence-corrected chi connectivity index (χ2v) is 6.37. The molecule has 2 fully saturated rings. The number of thioether (sulfide) groups is 1. The number of benzene rings is 1. The molecule has 2 saturated heterocycles. The van der Waals surface area contributed by atoms with Gasteiger partial charge in [-0.3, -0.25) is 0 Å². The Bertz CT molecular complexity index is 367. The van der Waals surface area contributed by atoms with Crippen molar-refractivity contribution in [3.63, 3.8) is 0 Å². The third-order valence-corrected chi connectivity index (χ3v) is 4.86. The van der Waals surface area contributed by atoms with Crippen LogP contribution in [-0.2, 0) is 0 Å². The summed E-state index contributed by atoms with van der Waals surface area (Å²) in [7, 11) is 0. The van der Waals surface area contributed by atoms with Crippen LogP contribution in [0.3, 0.4) is 0 Å². The number of rotatable bonds is 3. The maximum absolute atomic E-state index is 6.04. The number of hydrogen-bond acceptors (Lipinski definition) is 3. The molecule has 98 valence electrons. The van der Waals surface area contributed by atoms with Crippen molar-refractivity contribution in [2.75, 3.05) is 18.1 Å². The minimum absolute atomic E-state index is 0.432. The molecule has 0 saturated carbocycles. The van der Waals surface area contributed by atoms with Gasteiger partial charge < -0.3 is 10.1 Å². The van der Waals surface area contributed by atoms with Crippen LogP contribution in [0.1, 0.15) is 37.3 Å². The lowest BCUT2D eigenvalue weighted by molar-refractivity contribution is 0.192. The quantitative estimate of drug-likeness (QED) is 0.903. The van der Waals surface area contributed by atoms with E-state index in [4.69, 9.17) is 4.74 Å². The average Bonchev–Trinajstić information content (AvgIpc) is 2.95. The lowest BCUT2D eigenvalue weighted by Crippen LogP contribution is -2.22. The summed E-state index contributed by atoms with van der Waals surface area (Å²) in [5.41, 5.74) is 1.40. The van der Waals surface area contributed by atoms with Crippen LogP contribution in [0.5, 0.6) is 5.75 Å². The normalized spacial score (nSPS) is 25.2. The van der Waals surface area contributed by atoms with Crippen molar-refractivity contribution in [3.8, 4) is 5.75 Å². The summed E-state index contributed by atoms with van der Waals surface area (Å²) in [5.74, 6) is 3.53. The molecule has 0 aromatic heterocycles. The molecule has 0 amide bonds. The van der Waals surface area contributed by atoms with Gasteiger partial charge >= 0.3 is 0 Å². The summed E-state index contributed by atoms with van der Waals surface area (Å²) in [5, 5.41) is 3.53. The summed E-state index contributed by atoms with van der Waals surface area (Å²) in [6, 6.07) is 9.27. The molecule has 0 spiro atoms. The van der Waals surface area contributed by atoms with Gasteiger partial charge in [-0.2, -0.15) is 11.8 Å². The Hall–Kier alpha value is -0.670. The predicted octanol–water partition coefficient (Wildman–Crippen LogP) is 3.39. The van der Waals surface area contributed by atoms with Crippen LogP contribution >= 0.6 is 11.8 Å². The topological polar surface area (TPSA) is 21.3 Å². The molecule has 2 nitrogen and oxygen atoms in total. The Kier molecular flexibility index (Phi) is 4.11. The van der Waals surface area contributed by atoms with Gasteiger partial charge in [0.05, 0.1) is 0 Å². The first-order chi connectivity index (χ1) is 8.92. The standard InChI is InChI=1S/C15H21NOS/c1-2-15(16-9-1)12-3-5-13(6-4-12)17-14-7-10-18-11-8-14/h3-6,14-16H,1-2,7-11H2. The van der Waals surface area contributed by atoms with E-state index in [1.54, 1.807) is 0 Å². The molecule has 0 radical (unpaired) electrons. The Labute approximate surface area is 113 Å². The number of nitrogens with one attached hydrogen (secondary N) is 1. The summed E-state index contributed by atoms with van der Waals surface area (Å²) in [6.07, 6.45) is 5.37. The molecule has 2 heterocycles. The van der Waals surface area contributed by atoms with Gasteiger partial charge in [-0.15, -0.1) is 0 Å². The van der Waals surface area contributed by atoms with Gasteiger partial charge in [0, 0.05) is 6.04 Å². The Morgan fingerprint density at radius 3 is 2.50 bits per heavy atom. The second kappa shape index (κ2) is 5.98. The molecule has 1 N–H and O–H groups in total. The van der Waals surface area contributed by atoms with E-state index in [0.717, 1.165) is 12.3 Å². The van der Waals surface area contributed by atoms with Gasteiger partial charge in [0.25, 0.3) is 0 Å². The van der Waals surface area contributed by atoms with Crippen molar-refractivity contribution >= 4 is 11.8 Å². The van der Waals surface area contributed by atoms with Crippen molar-refractivity contribution in [2.24, 2.45) is 0 Å². The Morgan fingerprint density at radius 2 is 1.83 bits per heavy atom. The summed E-state index contributed by atoms with van der Waals surface area (Å²) in [6.45, 7) is 1.16. The van der Waals surface area contributed by atoms with E-state index in [9.17, 15) is 0 Å². The Morgan fingerprint density at radius 1 is 1.06 bits per heavy atom. The second-order valence-electron chi connectivity index (χ2n) is 5.15. The van der Waals surface area contributed by atoms with E-state index in [1.165, 1.54) is 42.8 Å². The fourth-order valence-electron chi connectivity index (χ4n) is 2.73. The SMILES string of the molecule is c1cc(C2CCCN2)ccc1OC1CCSCC1. The Balaban J connectivity index is 1.59. The highest BCUT2D eigenvalue weighted by molar-refractivity contribution is 7.99. The van der Waals surface area contributed by atoms with Crippen LogP contribution in [0, 0.1) is 0 Å². The van der Waals surface area contributed by atoms with Gasteiger partial charge in [0.2, 0.25) is 0 Å². The van der Waals surface area contributed by atoms with Crippen LogP contribution in [0.15, 0.2) is 24.3 Å². The highest BCUT2D eigenvalue weighted by Crippen LogP contribution is 2.26. The van der Waals surface area contributed by atoms with Crippen LogP contribution in [0.25, 0.3) is 0 Å². The summed E-state index contributed by atoms with van der Waals surface area (Å²) in [4.78, 5) is 0. The van der Waals surface area contributed by atoms with Crippen LogP contribution in [0.4, 0.5) is 0 Å². The molecule has 3 rings (SSSR count). The molecule has 3 heteroatoms. The first kappa shape index (κ1) is 12.4. The van der Waals surface area contributed by atoms with Crippen LogP contribution in [-0.4, -0.2) is 24.2 Å². The van der Waals surface area contributed by atoms with Crippen LogP contribution in [0.2, 0.25) is 0 Å². The molecule has 1 aromatic rings. The lowest BCUT2D eigenvalue weighted by atomic mass is 10.1. The van der Waals surface area contributed by atoms with E-state index >= 15 is 0 Å². The molecule has 2 aliphatic rings. The van der Waals surface area contributed by atoms with Crippen LogP contribution < -0.4 is 10.1 Å². The largest absolute Gasteiger partial charge is 0.490 e. The fraction of sp³-hybridized carbons (Fsp3) is 0.600. The van der Waals surface area contributed by atoms with Gasteiger partial charge in [0.15, 0.2) is 0 Å². The maximum Gasteiger partial charge on any atom is 0.119 e. The molecular weight excluding hydrogens is 242 g/mol. The molecule has 0 aliphatic carbocycles. The average molecular weight is 263 g/mol. The van der Waals surface area contributed by atoms with E-state index in [2.05, 4.69) is 29.6 Å². The summed E-state index contributed by atoms with van der Waals surface area (Å²) < 4.78 is 6.04. The smallest absolute Gasteiger partial charge is 0.119 e. The molecule has 2 aliphatic heterocycles. The van der Waals surface area contributed by atoms with Crippen molar-refractivity contribution in [1.82, 2.24) is 5.32 Å². The first-order valence-electron chi connectivity index (χ1n) is 6.99. The zero-order valence-electron chi connectivity index (χ0n) is 10.7. The third-order valence-electron chi connectivity index (χ3n) is 3.81. The van der Waals surface area contributed by atoms with Gasteiger partial charge in [-0.05, 0) is 61.4 Å². The molecule has 1 aromatic carbocycles. The predicted molar refractivity (Wildman–Crippen MR) is 77.4 cm³/mol. The number of ether oxygens (including phenoxy) is 1. The van der Waals surface area contributed by atoms with E-state index in [-0.39, 0.29) is 0 Å². The molecule has 1 unspecified atom stereocenters. The molecule has 1 atom stereocenters. The minimum Gasteiger partial charge on any atom is -0.490 e. The van der Waals surface area contributed by atoms with Crippen molar-refractivity contribution < 1.29 is 4.74 Å². The zero-order chi connectivity index (χ0) is 12.2. The van der Waals surface area contributed by atoms with Crippen molar-refractivity contribution in [3.05, 3.63) is 29.8 Å². The fourth-order valence-corrected chi connectivity index (χ4v) is 3.80. The maximum atomic E-state index is 6.04.